The van der Waals surface area contributed by atoms with E-state index in [1.165, 1.54) is 36.0 Å². The lowest BCUT2D eigenvalue weighted by molar-refractivity contribution is 0.121. The Balaban J connectivity index is 1.99. The molecular weight excluding hydrogens is 256 g/mol. The largest absolute Gasteiger partial charge is 0.376 e. The smallest absolute Gasteiger partial charge is 0.137 e. The zero-order chi connectivity index (χ0) is 14.3. The Morgan fingerprint density at radius 3 is 2.33 bits per heavy atom. The molecule has 2 aromatic rings. The van der Waals surface area contributed by atoms with Crippen molar-refractivity contribution in [2.24, 2.45) is 0 Å². The summed E-state index contributed by atoms with van der Waals surface area (Å²) in [7, 11) is 0. The van der Waals surface area contributed by atoms with E-state index in [1.54, 1.807) is 0 Å². The van der Waals surface area contributed by atoms with Crippen LogP contribution in [0.3, 0.4) is 0 Å². The van der Waals surface area contributed by atoms with Crippen molar-refractivity contribution in [1.29, 1.82) is 0 Å². The Morgan fingerprint density at radius 1 is 0.762 bits per heavy atom. The molecule has 0 spiro atoms. The number of aliphatic hydroxyl groups is 1. The summed E-state index contributed by atoms with van der Waals surface area (Å²) < 4.78 is 0. The predicted octanol–water partition coefficient (Wildman–Crippen LogP) is 4.65. The summed E-state index contributed by atoms with van der Waals surface area (Å²) in [4.78, 5) is 0. The first-order chi connectivity index (χ1) is 10.3. The number of rotatable bonds is 1. The minimum absolute atomic E-state index is 0.919. The van der Waals surface area contributed by atoms with Crippen LogP contribution >= 0.6 is 0 Å². The van der Waals surface area contributed by atoms with E-state index >= 15 is 0 Å². The standard InChI is InChI=1S/C20H20O/c21-20(15-9-3-1-4-10-15)18-13-6-2-5-11-16(18)17-12-7-8-14-19(17)20/h1,3-4,7-10,12,14,21H,2,5-6,11,13H2. The van der Waals surface area contributed by atoms with Gasteiger partial charge in [-0.1, -0.05) is 61.0 Å². The maximum absolute atomic E-state index is 11.7. The Hall–Kier alpha value is -1.86. The predicted molar refractivity (Wildman–Crippen MR) is 85.9 cm³/mol. The van der Waals surface area contributed by atoms with E-state index in [-0.39, 0.29) is 0 Å². The number of benzene rings is 2. The lowest BCUT2D eigenvalue weighted by Crippen LogP contribution is -2.27. The zero-order valence-corrected chi connectivity index (χ0v) is 12.2. The van der Waals surface area contributed by atoms with Gasteiger partial charge in [0.05, 0.1) is 0 Å². The van der Waals surface area contributed by atoms with Crippen molar-refractivity contribution in [3.8, 4) is 0 Å². The van der Waals surface area contributed by atoms with Crippen LogP contribution in [-0.4, -0.2) is 5.11 Å². The fourth-order valence-corrected chi connectivity index (χ4v) is 4.01. The molecule has 0 bridgehead atoms. The average Bonchev–Trinajstić information content (AvgIpc) is 2.72. The van der Waals surface area contributed by atoms with Crippen LogP contribution in [0.4, 0.5) is 0 Å². The highest BCUT2D eigenvalue weighted by Gasteiger charge is 2.44. The first kappa shape index (κ1) is 12.8. The van der Waals surface area contributed by atoms with Gasteiger partial charge in [0.25, 0.3) is 0 Å². The second kappa shape index (κ2) is 4.85. The monoisotopic (exact) mass is 276 g/mol. The summed E-state index contributed by atoms with van der Waals surface area (Å²) in [5, 5.41) is 11.7. The van der Waals surface area contributed by atoms with Gasteiger partial charge >= 0.3 is 0 Å². The molecule has 106 valence electrons. The van der Waals surface area contributed by atoms with Gasteiger partial charge in [0.15, 0.2) is 0 Å². The van der Waals surface area contributed by atoms with Crippen molar-refractivity contribution in [3.05, 3.63) is 76.9 Å². The Bertz CT molecular complexity index is 699. The molecule has 1 heteroatoms. The van der Waals surface area contributed by atoms with Crippen LogP contribution in [-0.2, 0) is 5.60 Å². The molecule has 21 heavy (non-hydrogen) atoms. The van der Waals surface area contributed by atoms with Crippen molar-refractivity contribution < 1.29 is 5.11 Å². The summed E-state index contributed by atoms with van der Waals surface area (Å²) in [6, 6.07) is 18.6. The van der Waals surface area contributed by atoms with E-state index in [2.05, 4.69) is 30.3 Å². The number of allylic oxidation sites excluding steroid dienone is 1. The molecule has 0 aromatic heterocycles. The maximum Gasteiger partial charge on any atom is 0.137 e. The van der Waals surface area contributed by atoms with Crippen molar-refractivity contribution in [2.75, 3.05) is 0 Å². The van der Waals surface area contributed by atoms with Gasteiger partial charge in [0.1, 0.15) is 5.60 Å². The first-order valence-corrected chi connectivity index (χ1v) is 7.92. The molecule has 1 unspecified atom stereocenters. The molecule has 1 atom stereocenters. The molecule has 0 fully saturated rings. The van der Waals surface area contributed by atoms with Gasteiger partial charge in [0.2, 0.25) is 0 Å². The topological polar surface area (TPSA) is 20.2 Å². The molecule has 2 aromatic carbocycles. The molecule has 2 aliphatic rings. The molecule has 0 saturated heterocycles. The van der Waals surface area contributed by atoms with Gasteiger partial charge in [-0.3, -0.25) is 0 Å². The van der Waals surface area contributed by atoms with E-state index < -0.39 is 5.60 Å². The minimum atomic E-state index is -0.919. The summed E-state index contributed by atoms with van der Waals surface area (Å²) in [5.41, 5.74) is 5.06. The van der Waals surface area contributed by atoms with E-state index in [0.29, 0.717) is 0 Å². The Morgan fingerprint density at radius 2 is 1.48 bits per heavy atom. The second-order valence-corrected chi connectivity index (χ2v) is 6.14. The fraction of sp³-hybridized carbons (Fsp3) is 0.300. The van der Waals surface area contributed by atoms with Crippen LogP contribution in [0.2, 0.25) is 0 Å². The van der Waals surface area contributed by atoms with Crippen LogP contribution in [0.1, 0.15) is 48.8 Å². The quantitative estimate of drug-likeness (QED) is 0.803. The summed E-state index contributed by atoms with van der Waals surface area (Å²) in [6.45, 7) is 0. The SMILES string of the molecule is OC1(c2ccccc2)C2=C(CCCCC2)c2ccccc21. The van der Waals surface area contributed by atoms with Crippen molar-refractivity contribution in [2.45, 2.75) is 37.7 Å². The van der Waals surface area contributed by atoms with Gasteiger partial charge < -0.3 is 5.11 Å². The van der Waals surface area contributed by atoms with Crippen molar-refractivity contribution in [1.82, 2.24) is 0 Å². The molecule has 0 aliphatic heterocycles. The second-order valence-electron chi connectivity index (χ2n) is 6.14. The van der Waals surface area contributed by atoms with Gasteiger partial charge in [0, 0.05) is 0 Å². The Labute approximate surface area is 126 Å². The lowest BCUT2D eigenvalue weighted by atomic mass is 9.81. The van der Waals surface area contributed by atoms with E-state index in [4.69, 9.17) is 0 Å². The highest BCUT2D eigenvalue weighted by Crippen LogP contribution is 2.52. The molecule has 0 radical (unpaired) electrons. The molecule has 1 nitrogen and oxygen atoms in total. The fourth-order valence-electron chi connectivity index (χ4n) is 4.01. The summed E-state index contributed by atoms with van der Waals surface area (Å²) in [6.07, 6.45) is 5.79. The van der Waals surface area contributed by atoms with Gasteiger partial charge in [-0.05, 0) is 53.5 Å². The normalized spacial score (nSPS) is 24.4. The van der Waals surface area contributed by atoms with Crippen LogP contribution in [0, 0.1) is 0 Å². The Kier molecular flexibility index (Phi) is 2.97. The molecule has 4 rings (SSSR count). The van der Waals surface area contributed by atoms with E-state index in [1.807, 2.05) is 24.3 Å². The third kappa shape index (κ3) is 1.81. The third-order valence-electron chi connectivity index (χ3n) is 4.99. The average molecular weight is 276 g/mol. The van der Waals surface area contributed by atoms with E-state index in [9.17, 15) is 5.11 Å². The molecule has 2 aliphatic carbocycles. The molecular formula is C20H20O. The third-order valence-corrected chi connectivity index (χ3v) is 4.99. The highest BCUT2D eigenvalue weighted by atomic mass is 16.3. The van der Waals surface area contributed by atoms with Crippen LogP contribution in [0.25, 0.3) is 5.57 Å². The number of hydrogen-bond acceptors (Lipinski definition) is 1. The van der Waals surface area contributed by atoms with Gasteiger partial charge in [-0.2, -0.15) is 0 Å². The maximum atomic E-state index is 11.7. The van der Waals surface area contributed by atoms with Crippen LogP contribution in [0.15, 0.2) is 60.2 Å². The molecule has 1 N–H and O–H groups in total. The van der Waals surface area contributed by atoms with Crippen molar-refractivity contribution in [3.63, 3.8) is 0 Å². The molecule has 0 heterocycles. The van der Waals surface area contributed by atoms with Crippen molar-refractivity contribution >= 4 is 5.57 Å². The zero-order valence-electron chi connectivity index (χ0n) is 12.2. The number of hydrogen-bond donors (Lipinski definition) is 1. The summed E-state index contributed by atoms with van der Waals surface area (Å²) in [5.74, 6) is 0. The van der Waals surface area contributed by atoms with Gasteiger partial charge in [-0.25, -0.2) is 0 Å². The minimum Gasteiger partial charge on any atom is -0.376 e. The lowest BCUT2D eigenvalue weighted by Gasteiger charge is -2.29. The van der Waals surface area contributed by atoms with Gasteiger partial charge in [-0.15, -0.1) is 0 Å². The van der Waals surface area contributed by atoms with Crippen LogP contribution < -0.4 is 0 Å². The first-order valence-electron chi connectivity index (χ1n) is 7.92. The van der Waals surface area contributed by atoms with Crippen LogP contribution in [0.5, 0.6) is 0 Å². The van der Waals surface area contributed by atoms with E-state index in [0.717, 1.165) is 24.0 Å². The molecule has 0 amide bonds. The molecule has 0 saturated carbocycles. The highest BCUT2D eigenvalue weighted by molar-refractivity contribution is 5.81. The number of fused-ring (bicyclic) bond motifs is 2. The summed E-state index contributed by atoms with van der Waals surface area (Å²) >= 11 is 0.